The molecular formula is C15H16BrNO2S. The van der Waals surface area contributed by atoms with Crippen LogP contribution in [0.4, 0.5) is 0 Å². The summed E-state index contributed by atoms with van der Waals surface area (Å²) in [5.74, 6) is 0. The summed E-state index contributed by atoms with van der Waals surface area (Å²) in [6.45, 7) is 1.46. The van der Waals surface area contributed by atoms with Gasteiger partial charge in [0.2, 0.25) is 0 Å². The summed E-state index contributed by atoms with van der Waals surface area (Å²) in [6.07, 6.45) is 1.22. The normalized spacial score (nSPS) is 11.5. The second-order valence-electron chi connectivity index (χ2n) is 4.61. The SMILES string of the molecule is CS(=O)(=O)c1ccc(CNCc2ccccc2Br)cc1. The van der Waals surface area contributed by atoms with Gasteiger partial charge in [0, 0.05) is 23.8 Å². The minimum Gasteiger partial charge on any atom is -0.309 e. The molecule has 0 aliphatic heterocycles. The van der Waals surface area contributed by atoms with Crippen molar-refractivity contribution in [3.63, 3.8) is 0 Å². The zero-order chi connectivity index (χ0) is 14.6. The van der Waals surface area contributed by atoms with Gasteiger partial charge in [0.05, 0.1) is 4.90 Å². The van der Waals surface area contributed by atoms with Gasteiger partial charge < -0.3 is 5.32 Å². The van der Waals surface area contributed by atoms with E-state index in [1.54, 1.807) is 12.1 Å². The maximum absolute atomic E-state index is 11.4. The van der Waals surface area contributed by atoms with Gasteiger partial charge in [-0.25, -0.2) is 8.42 Å². The van der Waals surface area contributed by atoms with Crippen molar-refractivity contribution in [2.45, 2.75) is 18.0 Å². The summed E-state index contributed by atoms with van der Waals surface area (Å²) in [7, 11) is -3.12. The van der Waals surface area contributed by atoms with Crippen LogP contribution in [0.25, 0.3) is 0 Å². The third-order valence-corrected chi connectivity index (χ3v) is 4.86. The Balaban J connectivity index is 1.94. The Bertz CT molecular complexity index is 681. The quantitative estimate of drug-likeness (QED) is 0.897. The van der Waals surface area contributed by atoms with Gasteiger partial charge >= 0.3 is 0 Å². The van der Waals surface area contributed by atoms with Gasteiger partial charge in [-0.3, -0.25) is 0 Å². The van der Waals surface area contributed by atoms with E-state index in [1.807, 2.05) is 30.3 Å². The summed E-state index contributed by atoms with van der Waals surface area (Å²) in [5.41, 5.74) is 2.25. The van der Waals surface area contributed by atoms with Gasteiger partial charge in [-0.1, -0.05) is 46.3 Å². The molecule has 1 N–H and O–H groups in total. The van der Waals surface area contributed by atoms with Crippen LogP contribution in [0.1, 0.15) is 11.1 Å². The molecule has 106 valence electrons. The molecular weight excluding hydrogens is 338 g/mol. The first-order chi connectivity index (χ1) is 9.47. The molecule has 2 rings (SSSR count). The van der Waals surface area contributed by atoms with Crippen molar-refractivity contribution in [3.05, 3.63) is 64.1 Å². The number of sulfone groups is 1. The van der Waals surface area contributed by atoms with Crippen LogP contribution in [0.5, 0.6) is 0 Å². The first kappa shape index (κ1) is 15.2. The molecule has 0 bridgehead atoms. The maximum atomic E-state index is 11.4. The summed E-state index contributed by atoms with van der Waals surface area (Å²) in [5, 5.41) is 3.34. The maximum Gasteiger partial charge on any atom is 0.175 e. The van der Waals surface area contributed by atoms with E-state index >= 15 is 0 Å². The van der Waals surface area contributed by atoms with E-state index < -0.39 is 9.84 Å². The fourth-order valence-corrected chi connectivity index (χ4v) is 2.89. The number of rotatable bonds is 5. The zero-order valence-electron chi connectivity index (χ0n) is 11.1. The lowest BCUT2D eigenvalue weighted by molar-refractivity contribution is 0.602. The largest absolute Gasteiger partial charge is 0.309 e. The monoisotopic (exact) mass is 353 g/mol. The van der Waals surface area contributed by atoms with Gasteiger partial charge in [0.25, 0.3) is 0 Å². The minimum atomic E-state index is -3.12. The van der Waals surface area contributed by atoms with E-state index in [-0.39, 0.29) is 0 Å². The molecule has 0 aromatic heterocycles. The van der Waals surface area contributed by atoms with Crippen LogP contribution in [-0.2, 0) is 22.9 Å². The van der Waals surface area contributed by atoms with E-state index in [0.717, 1.165) is 16.6 Å². The number of hydrogen-bond acceptors (Lipinski definition) is 3. The van der Waals surface area contributed by atoms with E-state index in [1.165, 1.54) is 11.8 Å². The van der Waals surface area contributed by atoms with E-state index in [4.69, 9.17) is 0 Å². The molecule has 5 heteroatoms. The number of nitrogens with one attached hydrogen (secondary N) is 1. The fourth-order valence-electron chi connectivity index (χ4n) is 1.84. The van der Waals surface area contributed by atoms with Crippen molar-refractivity contribution in [3.8, 4) is 0 Å². The Morgan fingerprint density at radius 1 is 1.00 bits per heavy atom. The lowest BCUT2D eigenvalue weighted by atomic mass is 10.2. The minimum absolute atomic E-state index is 0.354. The van der Waals surface area contributed by atoms with E-state index in [2.05, 4.69) is 27.3 Å². The van der Waals surface area contributed by atoms with Gasteiger partial charge in [-0.05, 0) is 29.3 Å². The Hall–Kier alpha value is -1.17. The first-order valence-corrected chi connectivity index (χ1v) is 8.88. The Morgan fingerprint density at radius 3 is 2.25 bits per heavy atom. The highest BCUT2D eigenvalue weighted by Crippen LogP contribution is 2.15. The molecule has 0 saturated carbocycles. The van der Waals surface area contributed by atoms with Crippen LogP contribution < -0.4 is 5.32 Å². The average molecular weight is 354 g/mol. The standard InChI is InChI=1S/C15H16BrNO2S/c1-20(18,19)14-8-6-12(7-9-14)10-17-11-13-4-2-3-5-15(13)16/h2-9,17H,10-11H2,1H3. The van der Waals surface area contributed by atoms with Crippen LogP contribution in [0.15, 0.2) is 57.9 Å². The highest BCUT2D eigenvalue weighted by molar-refractivity contribution is 9.10. The molecule has 20 heavy (non-hydrogen) atoms. The number of halogens is 1. The Kier molecular flexibility index (Phi) is 4.96. The van der Waals surface area contributed by atoms with Gasteiger partial charge in [-0.15, -0.1) is 0 Å². The second-order valence-corrected chi connectivity index (χ2v) is 7.48. The Labute approximate surface area is 128 Å². The molecule has 0 unspecified atom stereocenters. The molecule has 0 spiro atoms. The molecule has 0 radical (unpaired) electrons. The highest BCUT2D eigenvalue weighted by Gasteiger charge is 2.06. The van der Waals surface area contributed by atoms with Crippen molar-refractivity contribution in [1.82, 2.24) is 5.32 Å². The molecule has 0 aliphatic carbocycles. The summed E-state index contributed by atoms with van der Waals surface area (Å²) in [6, 6.07) is 15.0. The molecule has 0 heterocycles. The van der Waals surface area contributed by atoms with E-state index in [9.17, 15) is 8.42 Å². The highest BCUT2D eigenvalue weighted by atomic mass is 79.9. The number of hydrogen-bond donors (Lipinski definition) is 1. The molecule has 2 aromatic rings. The predicted molar refractivity (Wildman–Crippen MR) is 84.2 cm³/mol. The molecule has 0 saturated heterocycles. The van der Waals surface area contributed by atoms with E-state index in [0.29, 0.717) is 11.4 Å². The van der Waals surface area contributed by atoms with Gasteiger partial charge in [-0.2, -0.15) is 0 Å². The third-order valence-electron chi connectivity index (χ3n) is 2.95. The Morgan fingerprint density at radius 2 is 1.65 bits per heavy atom. The van der Waals surface area contributed by atoms with Crippen molar-refractivity contribution >= 4 is 25.8 Å². The molecule has 0 amide bonds. The van der Waals surface area contributed by atoms with Crippen LogP contribution >= 0.6 is 15.9 Å². The first-order valence-electron chi connectivity index (χ1n) is 6.20. The van der Waals surface area contributed by atoms with Gasteiger partial charge in [0.15, 0.2) is 9.84 Å². The fraction of sp³-hybridized carbons (Fsp3) is 0.200. The van der Waals surface area contributed by atoms with Crippen molar-refractivity contribution in [2.24, 2.45) is 0 Å². The predicted octanol–water partition coefficient (Wildman–Crippen LogP) is 3.14. The van der Waals surface area contributed by atoms with Crippen LogP contribution in [0.2, 0.25) is 0 Å². The van der Waals surface area contributed by atoms with Crippen LogP contribution in [0.3, 0.4) is 0 Å². The topological polar surface area (TPSA) is 46.2 Å². The molecule has 0 fully saturated rings. The van der Waals surface area contributed by atoms with Crippen molar-refractivity contribution in [2.75, 3.05) is 6.26 Å². The molecule has 0 aliphatic rings. The molecule has 3 nitrogen and oxygen atoms in total. The van der Waals surface area contributed by atoms with Crippen LogP contribution in [-0.4, -0.2) is 14.7 Å². The number of benzene rings is 2. The lowest BCUT2D eigenvalue weighted by Crippen LogP contribution is -2.13. The zero-order valence-corrected chi connectivity index (χ0v) is 13.5. The summed E-state index contributed by atoms with van der Waals surface area (Å²) in [4.78, 5) is 0.354. The molecule has 2 aromatic carbocycles. The smallest absolute Gasteiger partial charge is 0.175 e. The summed E-state index contributed by atoms with van der Waals surface area (Å²) >= 11 is 3.51. The van der Waals surface area contributed by atoms with Gasteiger partial charge in [0.1, 0.15) is 0 Å². The third kappa shape index (κ3) is 4.16. The summed E-state index contributed by atoms with van der Waals surface area (Å²) < 4.78 is 23.8. The second kappa shape index (κ2) is 6.52. The molecule has 0 atom stereocenters. The van der Waals surface area contributed by atoms with Crippen LogP contribution in [0, 0.1) is 0 Å². The van der Waals surface area contributed by atoms with Crippen molar-refractivity contribution in [1.29, 1.82) is 0 Å². The average Bonchev–Trinajstić information content (AvgIpc) is 2.40. The van der Waals surface area contributed by atoms with Crippen molar-refractivity contribution < 1.29 is 8.42 Å². The lowest BCUT2D eigenvalue weighted by Gasteiger charge is -2.07.